The van der Waals surface area contributed by atoms with E-state index in [1.807, 2.05) is 12.1 Å². The Morgan fingerprint density at radius 2 is 1.94 bits per heavy atom. The van der Waals surface area contributed by atoms with E-state index in [4.69, 9.17) is 16.3 Å². The summed E-state index contributed by atoms with van der Waals surface area (Å²) in [7, 11) is 0. The summed E-state index contributed by atoms with van der Waals surface area (Å²) in [5.41, 5.74) is 2.91. The molecule has 0 aliphatic carbocycles. The molecular weight excluding hydrogens is 416 g/mol. The normalized spacial score (nSPS) is 15.1. The molecule has 2 aromatic carbocycles. The van der Waals surface area contributed by atoms with Crippen molar-refractivity contribution in [3.05, 3.63) is 59.4 Å². The number of piperidine rings is 1. The van der Waals surface area contributed by atoms with Gasteiger partial charge in [0.2, 0.25) is 0 Å². The third-order valence-electron chi connectivity index (χ3n) is 5.63. The minimum Gasteiger partial charge on any atom is -0.449 e. The van der Waals surface area contributed by atoms with E-state index in [9.17, 15) is 9.59 Å². The van der Waals surface area contributed by atoms with Crippen molar-refractivity contribution >= 4 is 40.2 Å². The van der Waals surface area contributed by atoms with Gasteiger partial charge in [-0.15, -0.1) is 0 Å². The van der Waals surface area contributed by atoms with E-state index in [0.717, 1.165) is 50.0 Å². The van der Waals surface area contributed by atoms with Gasteiger partial charge in [0, 0.05) is 23.0 Å². The van der Waals surface area contributed by atoms with Crippen LogP contribution in [-0.4, -0.2) is 53.0 Å². The third kappa shape index (κ3) is 5.42. The summed E-state index contributed by atoms with van der Waals surface area (Å²) < 4.78 is 5.31. The summed E-state index contributed by atoms with van der Waals surface area (Å²) in [6.45, 7) is 2.92. The highest BCUT2D eigenvalue weighted by atomic mass is 35.5. The van der Waals surface area contributed by atoms with Crippen molar-refractivity contribution in [3.63, 3.8) is 0 Å². The number of carbonyl (C=O) groups excluding carboxylic acids is 2. The van der Waals surface area contributed by atoms with Gasteiger partial charge in [-0.2, -0.15) is 0 Å². The number of anilines is 1. The van der Waals surface area contributed by atoms with Crippen molar-refractivity contribution in [2.24, 2.45) is 5.92 Å². The minimum absolute atomic E-state index is 0.0594. The first-order chi connectivity index (χ1) is 15.1. The maximum atomic E-state index is 12.6. The number of ether oxygens (including phenoxy) is 1. The van der Waals surface area contributed by atoms with Crippen LogP contribution in [0.25, 0.3) is 11.0 Å². The molecule has 31 heavy (non-hydrogen) atoms. The Morgan fingerprint density at radius 1 is 1.16 bits per heavy atom. The first-order valence-electron chi connectivity index (χ1n) is 10.5. The van der Waals surface area contributed by atoms with Gasteiger partial charge < -0.3 is 14.6 Å². The predicted octanol–water partition coefficient (Wildman–Crippen LogP) is 4.75. The summed E-state index contributed by atoms with van der Waals surface area (Å²) in [6, 6.07) is 12.6. The lowest BCUT2D eigenvalue weighted by Crippen LogP contribution is -2.37. The molecule has 0 atom stereocenters. The van der Waals surface area contributed by atoms with E-state index in [-0.39, 0.29) is 11.7 Å². The highest BCUT2D eigenvalue weighted by molar-refractivity contribution is 6.30. The zero-order chi connectivity index (χ0) is 21.6. The first kappa shape index (κ1) is 21.3. The van der Waals surface area contributed by atoms with E-state index < -0.39 is 6.09 Å². The number of aromatic nitrogens is 2. The zero-order valence-electron chi connectivity index (χ0n) is 17.1. The summed E-state index contributed by atoms with van der Waals surface area (Å²) in [6.07, 6.45) is 3.54. The predicted molar refractivity (Wildman–Crippen MR) is 121 cm³/mol. The molecule has 3 aromatic rings. The van der Waals surface area contributed by atoms with Crippen LogP contribution in [-0.2, 0) is 4.74 Å². The van der Waals surface area contributed by atoms with Crippen molar-refractivity contribution in [1.82, 2.24) is 14.9 Å². The van der Waals surface area contributed by atoms with E-state index in [1.165, 1.54) is 0 Å². The lowest BCUT2D eigenvalue weighted by atomic mass is 9.89. The topological polar surface area (TPSA) is 87.3 Å². The number of halogens is 1. The summed E-state index contributed by atoms with van der Waals surface area (Å²) in [5, 5.41) is 3.38. The lowest BCUT2D eigenvalue weighted by molar-refractivity contribution is 0.0830. The van der Waals surface area contributed by atoms with Crippen molar-refractivity contribution < 1.29 is 14.3 Å². The maximum absolute atomic E-state index is 12.6. The fraction of sp³-hybridized carbons (Fsp3) is 0.348. The molecule has 4 rings (SSSR count). The second-order valence-electron chi connectivity index (χ2n) is 7.71. The molecular formula is C23H25ClN4O3. The maximum Gasteiger partial charge on any atom is 0.411 e. The van der Waals surface area contributed by atoms with Crippen LogP contribution in [0.5, 0.6) is 0 Å². The quantitative estimate of drug-likeness (QED) is 0.409. The second-order valence-corrected chi connectivity index (χ2v) is 8.14. The highest BCUT2D eigenvalue weighted by Crippen LogP contribution is 2.23. The van der Waals surface area contributed by atoms with Crippen molar-refractivity contribution in [2.45, 2.75) is 19.3 Å². The van der Waals surface area contributed by atoms with Crippen LogP contribution in [0.4, 0.5) is 10.5 Å². The number of hydrogen-bond acceptors (Lipinski definition) is 5. The Bertz CT molecular complexity index is 1040. The van der Waals surface area contributed by atoms with Crippen molar-refractivity contribution in [3.8, 4) is 0 Å². The van der Waals surface area contributed by atoms with Gasteiger partial charge in [-0.3, -0.25) is 10.1 Å². The first-order valence-corrected chi connectivity index (χ1v) is 10.9. The molecule has 7 nitrogen and oxygen atoms in total. The Balaban J connectivity index is 1.15. The molecule has 0 unspecified atom stereocenters. The molecule has 0 radical (unpaired) electrons. The van der Waals surface area contributed by atoms with Crippen molar-refractivity contribution in [2.75, 3.05) is 31.6 Å². The number of fused-ring (bicyclic) bond motifs is 1. The van der Waals surface area contributed by atoms with Crippen LogP contribution in [0.2, 0.25) is 5.02 Å². The van der Waals surface area contributed by atoms with Gasteiger partial charge in [0.1, 0.15) is 5.52 Å². The minimum atomic E-state index is -0.484. The largest absolute Gasteiger partial charge is 0.449 e. The summed E-state index contributed by atoms with van der Waals surface area (Å²) in [5.74, 6) is 0.257. The van der Waals surface area contributed by atoms with E-state index in [1.54, 1.807) is 36.7 Å². The molecule has 2 N–H and O–H groups in total. The summed E-state index contributed by atoms with van der Waals surface area (Å²) in [4.78, 5) is 34.2. The van der Waals surface area contributed by atoms with E-state index >= 15 is 0 Å². The lowest BCUT2D eigenvalue weighted by Gasteiger charge is -2.31. The van der Waals surface area contributed by atoms with Crippen molar-refractivity contribution in [1.29, 1.82) is 0 Å². The fourth-order valence-electron chi connectivity index (χ4n) is 3.93. The number of nitrogens with zero attached hydrogens (tertiary/aromatic N) is 2. The van der Waals surface area contributed by atoms with Crippen LogP contribution < -0.4 is 5.32 Å². The number of para-hydroxylation sites is 1. The van der Waals surface area contributed by atoms with Crippen LogP contribution in [0.15, 0.2) is 48.8 Å². The molecule has 0 spiro atoms. The van der Waals surface area contributed by atoms with Gasteiger partial charge in [0.25, 0.3) is 0 Å². The molecule has 1 amide bonds. The molecule has 162 valence electrons. The number of amides is 1. The van der Waals surface area contributed by atoms with Gasteiger partial charge >= 0.3 is 6.09 Å². The van der Waals surface area contributed by atoms with Crippen LogP contribution in [0.3, 0.4) is 0 Å². The molecule has 1 aliphatic rings. The Kier molecular flexibility index (Phi) is 6.84. The molecule has 8 heteroatoms. The number of hydrogen-bond donors (Lipinski definition) is 2. The number of nitrogens with one attached hydrogen (secondary N) is 2. The van der Waals surface area contributed by atoms with E-state index in [0.29, 0.717) is 22.8 Å². The molecule has 1 aliphatic heterocycles. The number of Topliss-reactive ketones (excluding diaryl/α,β-unsaturated/α-hetero) is 1. The molecule has 0 bridgehead atoms. The van der Waals surface area contributed by atoms with Crippen LogP contribution in [0, 0.1) is 5.92 Å². The fourth-order valence-corrected chi connectivity index (χ4v) is 4.06. The highest BCUT2D eigenvalue weighted by Gasteiger charge is 2.25. The van der Waals surface area contributed by atoms with Gasteiger partial charge in [-0.1, -0.05) is 17.7 Å². The Labute approximate surface area is 185 Å². The second kappa shape index (κ2) is 9.94. The Morgan fingerprint density at radius 3 is 2.71 bits per heavy atom. The SMILES string of the molecule is O=C(Nc1cccc2[nH]cnc12)OCCCN1CCC(C(=O)c2ccc(Cl)cc2)CC1. The van der Waals surface area contributed by atoms with E-state index in [2.05, 4.69) is 20.2 Å². The molecule has 1 aromatic heterocycles. The van der Waals surface area contributed by atoms with Gasteiger partial charge in [-0.25, -0.2) is 9.78 Å². The molecule has 1 saturated heterocycles. The smallest absolute Gasteiger partial charge is 0.411 e. The van der Waals surface area contributed by atoms with Gasteiger partial charge in [0.15, 0.2) is 5.78 Å². The van der Waals surface area contributed by atoms with Crippen LogP contribution >= 0.6 is 11.6 Å². The number of benzene rings is 2. The number of carbonyl (C=O) groups is 2. The monoisotopic (exact) mass is 440 g/mol. The summed E-state index contributed by atoms with van der Waals surface area (Å²) >= 11 is 5.90. The number of aromatic amines is 1. The standard InChI is InChI=1S/C23H25ClN4O3/c24-18-7-5-16(6-8-18)22(29)17-9-12-28(13-10-17)11-2-14-31-23(30)27-20-4-1-3-19-21(20)26-15-25-19/h1,3-8,15,17H,2,9-14H2,(H,25,26)(H,27,30). The average Bonchev–Trinajstić information content (AvgIpc) is 3.27. The van der Waals surface area contributed by atoms with Gasteiger partial charge in [0.05, 0.1) is 24.1 Å². The zero-order valence-corrected chi connectivity index (χ0v) is 17.9. The number of H-pyrrole nitrogens is 1. The number of likely N-dealkylation sites (tertiary alicyclic amines) is 1. The molecule has 0 saturated carbocycles. The third-order valence-corrected chi connectivity index (χ3v) is 5.88. The Hall–Kier alpha value is -2.90. The van der Waals surface area contributed by atoms with Crippen LogP contribution in [0.1, 0.15) is 29.6 Å². The number of ketones is 1. The molecule has 1 fully saturated rings. The number of rotatable bonds is 7. The van der Waals surface area contributed by atoms with Gasteiger partial charge in [-0.05, 0) is 68.8 Å². The average molecular weight is 441 g/mol. The number of imidazole rings is 1. The molecule has 2 heterocycles.